The van der Waals surface area contributed by atoms with Gasteiger partial charge in [-0.05, 0) is 36.8 Å². The minimum Gasteiger partial charge on any atom is -0.357 e. The standard InChI is InChI=1S/C23H31ClFN5O.HI/c1-5-26-22(29-16-23(2,3)19-10-9-17(25)14-20(19)24)28-15-21(31)30(4)13-11-18-8-6-7-12-27-18;/h6-10,12,14H,5,11,13,15-16H2,1-4H3,(H2,26,28,29);1H. The maximum absolute atomic E-state index is 13.4. The van der Waals surface area contributed by atoms with Crippen LogP contribution in [0.5, 0.6) is 0 Å². The van der Waals surface area contributed by atoms with Crippen molar-refractivity contribution in [3.63, 3.8) is 0 Å². The van der Waals surface area contributed by atoms with Crippen LogP contribution in [0.4, 0.5) is 4.39 Å². The molecule has 0 fully saturated rings. The van der Waals surface area contributed by atoms with Crippen molar-refractivity contribution in [2.75, 3.05) is 33.2 Å². The van der Waals surface area contributed by atoms with Crippen LogP contribution in [0.3, 0.4) is 0 Å². The maximum atomic E-state index is 13.4. The Labute approximate surface area is 212 Å². The molecule has 6 nitrogen and oxygen atoms in total. The summed E-state index contributed by atoms with van der Waals surface area (Å²) in [5.74, 6) is 0.104. The van der Waals surface area contributed by atoms with E-state index >= 15 is 0 Å². The average molecular weight is 576 g/mol. The summed E-state index contributed by atoms with van der Waals surface area (Å²) in [6, 6.07) is 10.2. The number of pyridine rings is 1. The summed E-state index contributed by atoms with van der Waals surface area (Å²) in [4.78, 5) is 22.8. The van der Waals surface area contributed by atoms with E-state index in [-0.39, 0.29) is 47.7 Å². The Morgan fingerprint density at radius 2 is 2.00 bits per heavy atom. The van der Waals surface area contributed by atoms with E-state index < -0.39 is 0 Å². The smallest absolute Gasteiger partial charge is 0.244 e. The molecule has 0 saturated heterocycles. The van der Waals surface area contributed by atoms with Crippen molar-refractivity contribution in [2.24, 2.45) is 4.99 Å². The van der Waals surface area contributed by atoms with E-state index in [1.165, 1.54) is 12.1 Å². The van der Waals surface area contributed by atoms with Crippen LogP contribution in [0, 0.1) is 5.82 Å². The van der Waals surface area contributed by atoms with Crippen LogP contribution in [-0.2, 0) is 16.6 Å². The van der Waals surface area contributed by atoms with E-state index in [2.05, 4.69) is 20.6 Å². The first kappa shape index (κ1) is 28.1. The van der Waals surface area contributed by atoms with Gasteiger partial charge in [0.15, 0.2) is 5.96 Å². The van der Waals surface area contributed by atoms with Crippen LogP contribution in [0.2, 0.25) is 5.02 Å². The van der Waals surface area contributed by atoms with Gasteiger partial charge in [0.2, 0.25) is 5.91 Å². The molecular weight excluding hydrogens is 544 g/mol. The third-order valence-corrected chi connectivity index (χ3v) is 5.24. The molecule has 0 atom stereocenters. The second-order valence-electron chi connectivity index (χ2n) is 7.94. The van der Waals surface area contributed by atoms with Crippen molar-refractivity contribution in [3.05, 3.63) is 64.7 Å². The van der Waals surface area contributed by atoms with Gasteiger partial charge in [0.25, 0.3) is 0 Å². The largest absolute Gasteiger partial charge is 0.357 e. The number of hydrogen-bond acceptors (Lipinski definition) is 3. The van der Waals surface area contributed by atoms with Crippen molar-refractivity contribution >= 4 is 47.4 Å². The van der Waals surface area contributed by atoms with Gasteiger partial charge in [0, 0.05) is 55.4 Å². The minimum absolute atomic E-state index is 0. The number of nitrogens with zero attached hydrogens (tertiary/aromatic N) is 3. The molecular formula is C23H32ClFIN5O. The van der Waals surface area contributed by atoms with Gasteiger partial charge in [0.1, 0.15) is 12.4 Å². The summed E-state index contributed by atoms with van der Waals surface area (Å²) in [7, 11) is 1.76. The minimum atomic E-state index is -0.371. The zero-order valence-corrected chi connectivity index (χ0v) is 22.1. The molecule has 1 amide bonds. The Bertz CT molecular complexity index is 895. The molecule has 1 heterocycles. The predicted molar refractivity (Wildman–Crippen MR) is 139 cm³/mol. The molecule has 0 aliphatic rings. The number of carbonyl (C=O) groups is 1. The Morgan fingerprint density at radius 3 is 2.62 bits per heavy atom. The third kappa shape index (κ3) is 8.90. The number of guanidine groups is 1. The predicted octanol–water partition coefficient (Wildman–Crippen LogP) is 4.03. The van der Waals surface area contributed by atoms with Gasteiger partial charge in [-0.1, -0.05) is 37.6 Å². The first-order valence-corrected chi connectivity index (χ1v) is 10.7. The van der Waals surface area contributed by atoms with Gasteiger partial charge in [0.05, 0.1) is 0 Å². The SMILES string of the molecule is CCNC(=NCC(=O)N(C)CCc1ccccn1)NCC(C)(C)c1ccc(F)cc1Cl.I. The number of carbonyl (C=O) groups excluding carboxylic acids is 1. The van der Waals surface area contributed by atoms with Crippen molar-refractivity contribution in [1.82, 2.24) is 20.5 Å². The molecule has 2 rings (SSSR count). The number of amides is 1. The third-order valence-electron chi connectivity index (χ3n) is 4.93. The first-order valence-electron chi connectivity index (χ1n) is 10.3. The zero-order chi connectivity index (χ0) is 22.9. The van der Waals surface area contributed by atoms with Crippen molar-refractivity contribution in [2.45, 2.75) is 32.6 Å². The van der Waals surface area contributed by atoms with Crippen LogP contribution in [0.15, 0.2) is 47.6 Å². The topological polar surface area (TPSA) is 69.6 Å². The van der Waals surface area contributed by atoms with E-state index in [4.69, 9.17) is 11.6 Å². The number of hydrogen-bond donors (Lipinski definition) is 2. The summed E-state index contributed by atoms with van der Waals surface area (Å²) in [5.41, 5.74) is 1.41. The number of halogens is 3. The molecule has 2 aromatic rings. The second-order valence-corrected chi connectivity index (χ2v) is 8.35. The molecule has 176 valence electrons. The molecule has 2 N–H and O–H groups in total. The molecule has 0 aliphatic carbocycles. The van der Waals surface area contributed by atoms with Gasteiger partial charge in [-0.15, -0.1) is 24.0 Å². The summed E-state index contributed by atoms with van der Waals surface area (Å²) in [5, 5.41) is 6.79. The van der Waals surface area contributed by atoms with Crippen LogP contribution >= 0.6 is 35.6 Å². The van der Waals surface area contributed by atoms with Gasteiger partial charge in [-0.25, -0.2) is 9.38 Å². The monoisotopic (exact) mass is 575 g/mol. The fourth-order valence-corrected chi connectivity index (χ4v) is 3.42. The Balaban J connectivity index is 0.00000512. The van der Waals surface area contributed by atoms with E-state index in [9.17, 15) is 9.18 Å². The molecule has 0 bridgehead atoms. The number of aliphatic imine (C=N–C) groups is 1. The zero-order valence-electron chi connectivity index (χ0n) is 19.0. The van der Waals surface area contributed by atoms with Crippen LogP contribution < -0.4 is 10.6 Å². The quantitative estimate of drug-likeness (QED) is 0.269. The lowest BCUT2D eigenvalue weighted by molar-refractivity contribution is -0.128. The summed E-state index contributed by atoms with van der Waals surface area (Å²) in [6.07, 6.45) is 2.44. The van der Waals surface area contributed by atoms with E-state index in [1.807, 2.05) is 39.0 Å². The maximum Gasteiger partial charge on any atom is 0.244 e. The lowest BCUT2D eigenvalue weighted by atomic mass is 9.84. The highest BCUT2D eigenvalue weighted by Crippen LogP contribution is 2.29. The number of nitrogens with one attached hydrogen (secondary N) is 2. The van der Waals surface area contributed by atoms with Gasteiger partial charge in [-0.3, -0.25) is 9.78 Å². The highest BCUT2D eigenvalue weighted by Gasteiger charge is 2.24. The van der Waals surface area contributed by atoms with Crippen molar-refractivity contribution < 1.29 is 9.18 Å². The first-order chi connectivity index (χ1) is 14.7. The molecule has 9 heteroatoms. The number of aromatic nitrogens is 1. The van der Waals surface area contributed by atoms with Crippen molar-refractivity contribution in [3.8, 4) is 0 Å². The fourth-order valence-electron chi connectivity index (χ4n) is 3.00. The van der Waals surface area contributed by atoms with Gasteiger partial charge >= 0.3 is 0 Å². The Morgan fingerprint density at radius 1 is 1.25 bits per heavy atom. The van der Waals surface area contributed by atoms with E-state index in [0.29, 0.717) is 37.0 Å². The fraction of sp³-hybridized carbons (Fsp3) is 0.435. The molecule has 0 unspecified atom stereocenters. The summed E-state index contributed by atoms with van der Waals surface area (Å²) in [6.45, 7) is 7.76. The molecule has 0 radical (unpaired) electrons. The van der Waals surface area contributed by atoms with Gasteiger partial charge in [-0.2, -0.15) is 0 Å². The second kappa shape index (κ2) is 13.6. The van der Waals surface area contributed by atoms with Crippen molar-refractivity contribution in [1.29, 1.82) is 0 Å². The molecule has 1 aromatic carbocycles. The summed E-state index contributed by atoms with van der Waals surface area (Å²) >= 11 is 6.23. The lowest BCUT2D eigenvalue weighted by Gasteiger charge is -2.27. The van der Waals surface area contributed by atoms with E-state index in [0.717, 1.165) is 11.3 Å². The molecule has 0 spiro atoms. The molecule has 0 aliphatic heterocycles. The lowest BCUT2D eigenvalue weighted by Crippen LogP contribution is -2.44. The number of rotatable bonds is 9. The van der Waals surface area contributed by atoms with Crippen LogP contribution in [0.1, 0.15) is 32.0 Å². The molecule has 0 saturated carbocycles. The highest BCUT2D eigenvalue weighted by atomic mass is 127. The normalized spacial score (nSPS) is 11.5. The average Bonchev–Trinajstić information content (AvgIpc) is 2.74. The van der Waals surface area contributed by atoms with Crippen LogP contribution in [-0.4, -0.2) is 55.0 Å². The molecule has 32 heavy (non-hydrogen) atoms. The Kier molecular flexibility index (Phi) is 11.9. The molecule has 1 aromatic heterocycles. The highest BCUT2D eigenvalue weighted by molar-refractivity contribution is 14.0. The summed E-state index contributed by atoms with van der Waals surface area (Å²) < 4.78 is 13.4. The van der Waals surface area contributed by atoms with E-state index in [1.54, 1.807) is 24.2 Å². The van der Waals surface area contributed by atoms with Gasteiger partial charge < -0.3 is 15.5 Å². The Hall–Kier alpha value is -1.94. The van der Waals surface area contributed by atoms with Crippen LogP contribution in [0.25, 0.3) is 0 Å². The number of benzene rings is 1. The number of likely N-dealkylation sites (N-methyl/N-ethyl adjacent to an activating group) is 1.